The summed E-state index contributed by atoms with van der Waals surface area (Å²) in [4.78, 5) is 4.43. The largest absolute Gasteiger partial charge is 0.376 e. The zero-order chi connectivity index (χ0) is 12.3. The van der Waals surface area contributed by atoms with Gasteiger partial charge in [-0.25, -0.2) is 10.4 Å². The summed E-state index contributed by atoms with van der Waals surface area (Å²) in [6, 6.07) is -0.0194. The third-order valence-electron chi connectivity index (χ3n) is 3.44. The number of aromatic nitrogens is 2. The highest BCUT2D eigenvalue weighted by Gasteiger charge is 2.34. The van der Waals surface area contributed by atoms with E-state index in [9.17, 15) is 0 Å². The van der Waals surface area contributed by atoms with Gasteiger partial charge in [0, 0.05) is 25.5 Å². The Bertz CT molecular complexity index is 352. The topological polar surface area (TPSA) is 65.1 Å². The van der Waals surface area contributed by atoms with Gasteiger partial charge in [-0.2, -0.15) is 0 Å². The molecule has 1 aliphatic rings. The van der Waals surface area contributed by atoms with Gasteiger partial charge in [-0.3, -0.25) is 5.84 Å². The number of hydrogen-bond donors (Lipinski definition) is 2. The van der Waals surface area contributed by atoms with Crippen LogP contribution in [-0.2, 0) is 11.3 Å². The van der Waals surface area contributed by atoms with Crippen molar-refractivity contribution in [3.05, 3.63) is 18.2 Å². The van der Waals surface area contributed by atoms with Crippen molar-refractivity contribution < 1.29 is 4.74 Å². The number of ether oxygens (including phenoxy) is 1. The van der Waals surface area contributed by atoms with E-state index in [2.05, 4.69) is 28.8 Å². The predicted molar refractivity (Wildman–Crippen MR) is 66.1 cm³/mol. The van der Waals surface area contributed by atoms with Crippen LogP contribution in [0.15, 0.2) is 12.4 Å². The van der Waals surface area contributed by atoms with Crippen molar-refractivity contribution >= 4 is 0 Å². The molecule has 96 valence electrons. The summed E-state index contributed by atoms with van der Waals surface area (Å²) in [7, 11) is 0. The van der Waals surface area contributed by atoms with Crippen molar-refractivity contribution in [3.63, 3.8) is 0 Å². The van der Waals surface area contributed by atoms with Gasteiger partial charge in [-0.15, -0.1) is 0 Å². The summed E-state index contributed by atoms with van der Waals surface area (Å²) in [6.07, 6.45) is 6.13. The molecule has 3 N–H and O–H groups in total. The lowest BCUT2D eigenvalue weighted by Gasteiger charge is -2.25. The molecule has 1 saturated heterocycles. The van der Waals surface area contributed by atoms with Crippen LogP contribution in [0, 0.1) is 5.92 Å². The van der Waals surface area contributed by atoms with Crippen molar-refractivity contribution in [2.24, 2.45) is 11.8 Å². The summed E-state index contributed by atoms with van der Waals surface area (Å²) < 4.78 is 7.93. The molecule has 1 aliphatic heterocycles. The molecular formula is C12H22N4O. The molecule has 2 rings (SSSR count). The third-order valence-corrected chi connectivity index (χ3v) is 3.44. The van der Waals surface area contributed by atoms with E-state index in [0.717, 1.165) is 31.8 Å². The Hall–Kier alpha value is -0.910. The Morgan fingerprint density at radius 2 is 2.53 bits per heavy atom. The summed E-state index contributed by atoms with van der Waals surface area (Å²) in [6.45, 7) is 6.14. The first-order chi connectivity index (χ1) is 8.27. The van der Waals surface area contributed by atoms with Gasteiger partial charge in [0.05, 0.1) is 6.10 Å². The van der Waals surface area contributed by atoms with Crippen molar-refractivity contribution in [3.8, 4) is 0 Å². The first-order valence-corrected chi connectivity index (χ1v) is 6.36. The highest BCUT2D eigenvalue weighted by atomic mass is 16.5. The molecule has 0 bridgehead atoms. The van der Waals surface area contributed by atoms with Gasteiger partial charge in [-0.05, 0) is 18.8 Å². The second kappa shape index (κ2) is 5.62. The third kappa shape index (κ3) is 2.51. The van der Waals surface area contributed by atoms with E-state index < -0.39 is 0 Å². The number of aryl methyl sites for hydroxylation is 1. The molecule has 1 fully saturated rings. The second-order valence-electron chi connectivity index (χ2n) is 4.72. The molecule has 3 unspecified atom stereocenters. The molecule has 5 nitrogen and oxygen atoms in total. The fourth-order valence-corrected chi connectivity index (χ4v) is 2.49. The van der Waals surface area contributed by atoms with Crippen LogP contribution in [0.5, 0.6) is 0 Å². The minimum Gasteiger partial charge on any atom is -0.376 e. The number of nitrogens with two attached hydrogens (primary N) is 1. The molecule has 0 spiro atoms. The van der Waals surface area contributed by atoms with Crippen molar-refractivity contribution in [1.29, 1.82) is 0 Å². The second-order valence-corrected chi connectivity index (χ2v) is 4.72. The zero-order valence-corrected chi connectivity index (χ0v) is 10.6. The summed E-state index contributed by atoms with van der Waals surface area (Å²) >= 11 is 0. The fourth-order valence-electron chi connectivity index (χ4n) is 2.49. The van der Waals surface area contributed by atoms with Crippen molar-refractivity contribution in [2.75, 3.05) is 6.61 Å². The van der Waals surface area contributed by atoms with Crippen LogP contribution in [-0.4, -0.2) is 22.3 Å². The Kier molecular flexibility index (Phi) is 4.15. The first kappa shape index (κ1) is 12.5. The van der Waals surface area contributed by atoms with E-state index >= 15 is 0 Å². The zero-order valence-electron chi connectivity index (χ0n) is 10.6. The maximum absolute atomic E-state index is 5.78. The van der Waals surface area contributed by atoms with Gasteiger partial charge in [0.2, 0.25) is 0 Å². The highest BCUT2D eigenvalue weighted by Crippen LogP contribution is 2.30. The molecule has 3 atom stereocenters. The van der Waals surface area contributed by atoms with Gasteiger partial charge in [0.1, 0.15) is 11.9 Å². The van der Waals surface area contributed by atoms with Gasteiger partial charge >= 0.3 is 0 Å². The maximum atomic E-state index is 5.78. The Morgan fingerprint density at radius 1 is 1.71 bits per heavy atom. The van der Waals surface area contributed by atoms with Gasteiger partial charge < -0.3 is 9.30 Å². The quantitative estimate of drug-likeness (QED) is 0.598. The van der Waals surface area contributed by atoms with Crippen LogP contribution in [0.1, 0.15) is 38.6 Å². The van der Waals surface area contributed by atoms with Crippen molar-refractivity contribution in [1.82, 2.24) is 15.0 Å². The number of hydrazine groups is 1. The van der Waals surface area contributed by atoms with Crippen LogP contribution < -0.4 is 11.3 Å². The lowest BCUT2D eigenvalue weighted by atomic mass is 9.97. The highest BCUT2D eigenvalue weighted by molar-refractivity contribution is 5.04. The van der Waals surface area contributed by atoms with Crippen LogP contribution in [0.4, 0.5) is 0 Å². The van der Waals surface area contributed by atoms with Gasteiger partial charge in [-0.1, -0.05) is 13.8 Å². The van der Waals surface area contributed by atoms with Crippen LogP contribution >= 0.6 is 0 Å². The van der Waals surface area contributed by atoms with Crippen molar-refractivity contribution in [2.45, 2.75) is 45.4 Å². The lowest BCUT2D eigenvalue weighted by Crippen LogP contribution is -2.40. The summed E-state index contributed by atoms with van der Waals surface area (Å²) in [5, 5.41) is 0. The lowest BCUT2D eigenvalue weighted by molar-refractivity contribution is 0.0569. The maximum Gasteiger partial charge on any atom is 0.129 e. The summed E-state index contributed by atoms with van der Waals surface area (Å²) in [5.74, 6) is 7.18. The Labute approximate surface area is 102 Å². The van der Waals surface area contributed by atoms with E-state index in [4.69, 9.17) is 10.6 Å². The molecule has 0 aliphatic carbocycles. The molecule has 1 aromatic heterocycles. The smallest absolute Gasteiger partial charge is 0.129 e. The molecular weight excluding hydrogens is 216 g/mol. The van der Waals surface area contributed by atoms with E-state index in [1.165, 1.54) is 0 Å². The van der Waals surface area contributed by atoms with E-state index in [1.54, 1.807) is 0 Å². The molecule has 0 radical (unpaired) electrons. The van der Waals surface area contributed by atoms with Crippen LogP contribution in [0.25, 0.3) is 0 Å². The monoisotopic (exact) mass is 238 g/mol. The average Bonchev–Trinajstić information content (AvgIpc) is 2.92. The number of hydrogen-bond acceptors (Lipinski definition) is 4. The van der Waals surface area contributed by atoms with Crippen LogP contribution in [0.2, 0.25) is 0 Å². The molecule has 0 aromatic carbocycles. The van der Waals surface area contributed by atoms with Gasteiger partial charge in [0.15, 0.2) is 0 Å². The standard InChI is InChI=1S/C12H22N4O/c1-3-6-16-7-5-14-12(16)10(15-13)11-9(2)4-8-17-11/h5,7,9-11,15H,3-4,6,8,13H2,1-2H3. The molecule has 17 heavy (non-hydrogen) atoms. The Morgan fingerprint density at radius 3 is 3.12 bits per heavy atom. The fraction of sp³-hybridized carbons (Fsp3) is 0.750. The van der Waals surface area contributed by atoms with Crippen LogP contribution in [0.3, 0.4) is 0 Å². The molecule has 2 heterocycles. The molecule has 0 amide bonds. The number of imidazole rings is 1. The number of nitrogens with one attached hydrogen (secondary N) is 1. The minimum absolute atomic E-state index is 0.0194. The number of nitrogens with zero attached hydrogens (tertiary/aromatic N) is 2. The molecule has 0 saturated carbocycles. The van der Waals surface area contributed by atoms with E-state index in [0.29, 0.717) is 5.92 Å². The normalized spacial score (nSPS) is 26.3. The number of rotatable bonds is 5. The predicted octanol–water partition coefficient (Wildman–Crippen LogP) is 1.22. The van der Waals surface area contributed by atoms with Gasteiger partial charge in [0.25, 0.3) is 0 Å². The average molecular weight is 238 g/mol. The SMILES string of the molecule is CCCn1ccnc1C(NN)C1OCCC1C. The molecule has 1 aromatic rings. The first-order valence-electron chi connectivity index (χ1n) is 6.36. The van der Waals surface area contributed by atoms with E-state index in [1.807, 2.05) is 12.4 Å². The molecule has 5 heteroatoms. The Balaban J connectivity index is 2.19. The van der Waals surface area contributed by atoms with E-state index in [-0.39, 0.29) is 12.1 Å². The summed E-state index contributed by atoms with van der Waals surface area (Å²) in [5.41, 5.74) is 2.87. The minimum atomic E-state index is -0.0194.